The van der Waals surface area contributed by atoms with Crippen molar-refractivity contribution in [3.63, 3.8) is 0 Å². The fourth-order valence-electron chi connectivity index (χ4n) is 1.91. The Kier molecular flexibility index (Phi) is 3.77. The molecule has 0 N–H and O–H groups in total. The molecule has 110 valence electrons. The number of hydrogen-bond acceptors (Lipinski definition) is 4. The number of methoxy groups -OCH3 is 1. The SMILES string of the molecule is COc1cc(B2OC(C)(C)C(C)(C)O2)cnc1C(F)F. The highest BCUT2D eigenvalue weighted by atomic mass is 19.3. The second-order valence-electron chi connectivity index (χ2n) is 5.75. The van der Waals surface area contributed by atoms with Gasteiger partial charge in [0.15, 0.2) is 0 Å². The van der Waals surface area contributed by atoms with Crippen LogP contribution in [0.3, 0.4) is 0 Å². The molecule has 0 unspecified atom stereocenters. The summed E-state index contributed by atoms with van der Waals surface area (Å²) < 4.78 is 42.2. The third kappa shape index (κ3) is 2.52. The van der Waals surface area contributed by atoms with Crippen molar-refractivity contribution in [2.75, 3.05) is 7.11 Å². The molecule has 2 heterocycles. The van der Waals surface area contributed by atoms with Crippen molar-refractivity contribution in [2.24, 2.45) is 0 Å². The van der Waals surface area contributed by atoms with E-state index in [1.54, 1.807) is 0 Å². The van der Waals surface area contributed by atoms with Crippen molar-refractivity contribution in [2.45, 2.75) is 45.3 Å². The van der Waals surface area contributed by atoms with Gasteiger partial charge in [0.25, 0.3) is 6.43 Å². The molecule has 0 atom stereocenters. The zero-order valence-electron chi connectivity index (χ0n) is 12.2. The molecular formula is C13H18BF2NO3. The van der Waals surface area contributed by atoms with Crippen molar-refractivity contribution in [1.29, 1.82) is 0 Å². The molecule has 0 radical (unpaired) electrons. The Bertz CT molecular complexity index is 492. The maximum atomic E-state index is 12.8. The summed E-state index contributed by atoms with van der Waals surface area (Å²) in [4.78, 5) is 3.75. The zero-order valence-corrected chi connectivity index (χ0v) is 12.2. The molecular weight excluding hydrogens is 267 g/mol. The fourth-order valence-corrected chi connectivity index (χ4v) is 1.91. The normalized spacial score (nSPS) is 20.5. The van der Waals surface area contributed by atoms with Gasteiger partial charge < -0.3 is 14.0 Å². The number of ether oxygens (including phenoxy) is 1. The van der Waals surface area contributed by atoms with Crippen LogP contribution < -0.4 is 10.2 Å². The van der Waals surface area contributed by atoms with E-state index in [0.29, 0.717) is 5.46 Å². The first-order chi connectivity index (χ1) is 9.18. The lowest BCUT2D eigenvalue weighted by atomic mass is 9.80. The minimum absolute atomic E-state index is 0.0345. The summed E-state index contributed by atoms with van der Waals surface area (Å²) in [5, 5.41) is 0. The minimum Gasteiger partial charge on any atom is -0.495 e. The summed E-state index contributed by atoms with van der Waals surface area (Å²) in [5.41, 5.74) is -0.809. The molecule has 4 nitrogen and oxygen atoms in total. The number of aromatic nitrogens is 1. The van der Waals surface area contributed by atoms with Gasteiger partial charge in [-0.3, -0.25) is 4.98 Å². The standard InChI is InChI=1S/C13H18BF2NO3/c1-12(2)13(3,4)20-14(19-12)8-6-9(18-5)10(11(15)16)17-7-8/h6-7,11H,1-5H3. The van der Waals surface area contributed by atoms with Crippen molar-refractivity contribution in [3.05, 3.63) is 18.0 Å². The Morgan fingerprint density at radius 1 is 1.20 bits per heavy atom. The first-order valence-electron chi connectivity index (χ1n) is 6.35. The number of rotatable bonds is 3. The van der Waals surface area contributed by atoms with Gasteiger partial charge in [0.2, 0.25) is 0 Å². The molecule has 1 saturated heterocycles. The van der Waals surface area contributed by atoms with Gasteiger partial charge in [0.1, 0.15) is 11.4 Å². The molecule has 0 aromatic carbocycles. The largest absolute Gasteiger partial charge is 0.496 e. The quantitative estimate of drug-likeness (QED) is 0.799. The van der Waals surface area contributed by atoms with E-state index >= 15 is 0 Å². The number of nitrogens with zero attached hydrogens (tertiary/aromatic N) is 1. The van der Waals surface area contributed by atoms with E-state index in [4.69, 9.17) is 14.0 Å². The average Bonchev–Trinajstić information content (AvgIpc) is 2.57. The van der Waals surface area contributed by atoms with Crippen LogP contribution in [-0.2, 0) is 9.31 Å². The highest BCUT2D eigenvalue weighted by molar-refractivity contribution is 6.62. The molecule has 0 amide bonds. The number of hydrogen-bond donors (Lipinski definition) is 0. The number of pyridine rings is 1. The predicted molar refractivity (Wildman–Crippen MR) is 71.5 cm³/mol. The van der Waals surface area contributed by atoms with Gasteiger partial charge in [-0.25, -0.2) is 8.78 Å². The van der Waals surface area contributed by atoms with Crippen LogP contribution in [0.2, 0.25) is 0 Å². The van der Waals surface area contributed by atoms with Gasteiger partial charge in [-0.15, -0.1) is 0 Å². The second-order valence-corrected chi connectivity index (χ2v) is 5.75. The monoisotopic (exact) mass is 285 g/mol. The summed E-state index contributed by atoms with van der Waals surface area (Å²) >= 11 is 0. The molecule has 2 rings (SSSR count). The Hall–Kier alpha value is -1.21. The van der Waals surface area contributed by atoms with Crippen LogP contribution in [0.1, 0.15) is 39.8 Å². The third-order valence-electron chi connectivity index (χ3n) is 3.85. The van der Waals surface area contributed by atoms with Crippen LogP contribution in [-0.4, -0.2) is 30.4 Å². The van der Waals surface area contributed by atoms with Crippen molar-refractivity contribution in [1.82, 2.24) is 4.98 Å². The Balaban J connectivity index is 2.32. The Labute approximate surface area is 117 Å². The molecule has 0 saturated carbocycles. The summed E-state index contributed by atoms with van der Waals surface area (Å²) in [6, 6.07) is 1.48. The summed E-state index contributed by atoms with van der Waals surface area (Å²) in [7, 11) is 0.685. The molecule has 0 spiro atoms. The minimum atomic E-state index is -2.68. The molecule has 1 fully saturated rings. The van der Waals surface area contributed by atoms with E-state index in [9.17, 15) is 8.78 Å². The van der Waals surface area contributed by atoms with Crippen LogP contribution in [0.25, 0.3) is 0 Å². The van der Waals surface area contributed by atoms with E-state index in [2.05, 4.69) is 4.98 Å². The van der Waals surface area contributed by atoms with Gasteiger partial charge in [0.05, 0.1) is 18.3 Å². The van der Waals surface area contributed by atoms with Gasteiger partial charge in [-0.1, -0.05) is 0 Å². The van der Waals surface area contributed by atoms with Gasteiger partial charge >= 0.3 is 7.12 Å². The van der Waals surface area contributed by atoms with Crippen molar-refractivity contribution >= 4 is 12.6 Å². The lowest BCUT2D eigenvalue weighted by Gasteiger charge is -2.32. The first kappa shape index (κ1) is 15.2. The third-order valence-corrected chi connectivity index (χ3v) is 3.85. The highest BCUT2D eigenvalue weighted by Gasteiger charge is 2.52. The second kappa shape index (κ2) is 4.97. The lowest BCUT2D eigenvalue weighted by Crippen LogP contribution is -2.41. The summed E-state index contributed by atoms with van der Waals surface area (Å²) in [6.45, 7) is 7.69. The van der Waals surface area contributed by atoms with Crippen LogP contribution in [0.4, 0.5) is 8.78 Å². The molecule has 1 aromatic rings. The van der Waals surface area contributed by atoms with E-state index in [1.165, 1.54) is 19.4 Å². The van der Waals surface area contributed by atoms with Crippen molar-refractivity contribution < 1.29 is 22.8 Å². The summed E-state index contributed by atoms with van der Waals surface area (Å²) in [6.07, 6.45) is -1.34. The fraction of sp³-hybridized carbons (Fsp3) is 0.615. The molecule has 1 aliphatic heterocycles. The lowest BCUT2D eigenvalue weighted by molar-refractivity contribution is 0.00578. The van der Waals surface area contributed by atoms with E-state index < -0.39 is 24.7 Å². The molecule has 20 heavy (non-hydrogen) atoms. The van der Waals surface area contributed by atoms with Gasteiger partial charge in [0, 0.05) is 11.7 Å². The number of alkyl halides is 2. The molecule has 7 heteroatoms. The molecule has 0 bridgehead atoms. The average molecular weight is 285 g/mol. The highest BCUT2D eigenvalue weighted by Crippen LogP contribution is 2.37. The van der Waals surface area contributed by atoms with Crippen LogP contribution in [0.5, 0.6) is 5.75 Å². The van der Waals surface area contributed by atoms with Crippen LogP contribution in [0, 0.1) is 0 Å². The van der Waals surface area contributed by atoms with Gasteiger partial charge in [-0.05, 0) is 33.8 Å². The maximum absolute atomic E-state index is 12.8. The van der Waals surface area contributed by atoms with Crippen LogP contribution >= 0.6 is 0 Å². The Morgan fingerprint density at radius 2 is 1.75 bits per heavy atom. The Morgan fingerprint density at radius 3 is 2.20 bits per heavy atom. The van der Waals surface area contributed by atoms with Crippen molar-refractivity contribution in [3.8, 4) is 5.75 Å². The van der Waals surface area contributed by atoms with Crippen LogP contribution in [0.15, 0.2) is 12.3 Å². The molecule has 1 aromatic heterocycles. The smallest absolute Gasteiger partial charge is 0.495 e. The predicted octanol–water partition coefficient (Wildman–Crippen LogP) is 2.33. The maximum Gasteiger partial charge on any atom is 0.496 e. The molecule has 0 aliphatic carbocycles. The van der Waals surface area contributed by atoms with Gasteiger partial charge in [-0.2, -0.15) is 0 Å². The van der Waals surface area contributed by atoms with E-state index in [-0.39, 0.29) is 11.4 Å². The number of halogens is 2. The topological polar surface area (TPSA) is 40.6 Å². The summed E-state index contributed by atoms with van der Waals surface area (Å²) in [5.74, 6) is 0.0345. The van der Waals surface area contributed by atoms with E-state index in [0.717, 1.165) is 0 Å². The zero-order chi connectivity index (χ0) is 15.1. The molecule has 1 aliphatic rings. The first-order valence-corrected chi connectivity index (χ1v) is 6.35. The van der Waals surface area contributed by atoms with E-state index in [1.807, 2.05) is 27.7 Å².